The number of anilines is 1. The zero-order chi connectivity index (χ0) is 21.1. The summed E-state index contributed by atoms with van der Waals surface area (Å²) in [7, 11) is 0. The van der Waals surface area contributed by atoms with E-state index in [1.165, 1.54) is 22.3 Å². The normalized spacial score (nSPS) is 11.8. The Balaban J connectivity index is 1.37. The Morgan fingerprint density at radius 2 is 1.57 bits per heavy atom. The predicted molar refractivity (Wildman–Crippen MR) is 120 cm³/mol. The third-order valence-electron chi connectivity index (χ3n) is 5.43. The van der Waals surface area contributed by atoms with Crippen molar-refractivity contribution in [3.8, 4) is 23.0 Å². The average Bonchev–Trinajstić information content (AvgIpc) is 3.05. The lowest BCUT2D eigenvalue weighted by atomic mass is 9.98. The van der Waals surface area contributed by atoms with Gasteiger partial charge in [0.2, 0.25) is 0 Å². The first-order chi connectivity index (χ1) is 14.5. The van der Waals surface area contributed by atoms with Crippen molar-refractivity contribution in [2.45, 2.75) is 19.8 Å². The number of nitrogen functional groups attached to an aromatic ring is 1. The highest BCUT2D eigenvalue weighted by atomic mass is 16.5. The summed E-state index contributed by atoms with van der Waals surface area (Å²) in [5, 5.41) is 2.72. The number of hydrogen-bond donors (Lipinski definition) is 2. The fourth-order valence-electron chi connectivity index (χ4n) is 4.09. The van der Waals surface area contributed by atoms with E-state index in [4.69, 9.17) is 10.5 Å². The molecule has 3 N–H and O–H groups in total. The van der Waals surface area contributed by atoms with Crippen LogP contribution >= 0.6 is 0 Å². The molecule has 30 heavy (non-hydrogen) atoms. The van der Waals surface area contributed by atoms with Crippen LogP contribution in [0.2, 0.25) is 0 Å². The highest BCUT2D eigenvalue weighted by molar-refractivity contribution is 5.79. The standard InChI is InChI=1S/C26H24N2O2/c1-17-14-19(27)15-18(2)20(17)12-7-13-28-26(29)30-16-25-23-10-5-3-8-21(23)22-9-4-6-11-24(22)25/h3-6,8-11,14-15,25H,13,16,27H2,1-2H3,(H,28,29). The van der Waals surface area contributed by atoms with E-state index < -0.39 is 6.09 Å². The molecule has 0 bridgehead atoms. The summed E-state index contributed by atoms with van der Waals surface area (Å²) < 4.78 is 5.52. The second-order valence-corrected chi connectivity index (χ2v) is 7.51. The highest BCUT2D eigenvalue weighted by Gasteiger charge is 2.28. The molecule has 1 amide bonds. The molecule has 0 atom stereocenters. The summed E-state index contributed by atoms with van der Waals surface area (Å²) in [5.74, 6) is 6.15. The van der Waals surface area contributed by atoms with Crippen LogP contribution in [0, 0.1) is 25.7 Å². The first-order valence-electron chi connectivity index (χ1n) is 9.99. The van der Waals surface area contributed by atoms with E-state index in [0.717, 1.165) is 22.4 Å². The summed E-state index contributed by atoms with van der Waals surface area (Å²) in [6, 6.07) is 20.3. The Labute approximate surface area is 177 Å². The summed E-state index contributed by atoms with van der Waals surface area (Å²) in [5.41, 5.74) is 14.4. The number of rotatable bonds is 3. The third-order valence-corrected chi connectivity index (χ3v) is 5.43. The van der Waals surface area contributed by atoms with E-state index in [1.54, 1.807) is 0 Å². The van der Waals surface area contributed by atoms with Crippen LogP contribution in [0.4, 0.5) is 10.5 Å². The van der Waals surface area contributed by atoms with Gasteiger partial charge in [0, 0.05) is 17.2 Å². The van der Waals surface area contributed by atoms with E-state index >= 15 is 0 Å². The van der Waals surface area contributed by atoms with E-state index in [0.29, 0.717) is 6.61 Å². The number of benzene rings is 3. The van der Waals surface area contributed by atoms with Crippen LogP contribution in [0.25, 0.3) is 11.1 Å². The first kappa shape index (κ1) is 19.6. The number of nitrogens with two attached hydrogens (primary N) is 1. The Kier molecular flexibility index (Phi) is 5.45. The van der Waals surface area contributed by atoms with E-state index in [9.17, 15) is 4.79 Å². The van der Waals surface area contributed by atoms with Gasteiger partial charge in [-0.1, -0.05) is 60.4 Å². The summed E-state index contributed by atoms with van der Waals surface area (Å²) in [4.78, 5) is 12.2. The number of hydrogen-bond acceptors (Lipinski definition) is 3. The van der Waals surface area contributed by atoms with E-state index in [2.05, 4.69) is 41.4 Å². The lowest BCUT2D eigenvalue weighted by Crippen LogP contribution is -2.26. The van der Waals surface area contributed by atoms with Gasteiger partial charge in [0.15, 0.2) is 0 Å². The number of aryl methyl sites for hydroxylation is 2. The largest absolute Gasteiger partial charge is 0.449 e. The monoisotopic (exact) mass is 396 g/mol. The molecule has 1 aliphatic rings. The van der Waals surface area contributed by atoms with Crippen molar-refractivity contribution in [2.24, 2.45) is 0 Å². The summed E-state index contributed by atoms with van der Waals surface area (Å²) >= 11 is 0. The van der Waals surface area contributed by atoms with Gasteiger partial charge in [0.05, 0.1) is 6.54 Å². The molecule has 0 heterocycles. The molecule has 0 saturated carbocycles. The maximum Gasteiger partial charge on any atom is 0.407 e. The molecule has 0 aromatic heterocycles. The van der Waals surface area contributed by atoms with E-state index in [-0.39, 0.29) is 12.5 Å². The summed E-state index contributed by atoms with van der Waals surface area (Å²) in [6.07, 6.45) is -0.461. The van der Waals surface area contributed by atoms with E-state index in [1.807, 2.05) is 50.2 Å². The van der Waals surface area contributed by atoms with Gasteiger partial charge in [0.25, 0.3) is 0 Å². The second-order valence-electron chi connectivity index (χ2n) is 7.51. The Morgan fingerprint density at radius 1 is 1.00 bits per heavy atom. The van der Waals surface area contributed by atoms with Gasteiger partial charge in [0.1, 0.15) is 6.61 Å². The number of ether oxygens (including phenoxy) is 1. The molecule has 150 valence electrons. The zero-order valence-electron chi connectivity index (χ0n) is 17.2. The first-order valence-corrected chi connectivity index (χ1v) is 9.99. The molecule has 4 rings (SSSR count). The number of nitrogens with one attached hydrogen (secondary N) is 1. The third kappa shape index (κ3) is 3.88. The maximum atomic E-state index is 12.2. The van der Waals surface area contributed by atoms with Crippen molar-refractivity contribution in [3.63, 3.8) is 0 Å². The van der Waals surface area contributed by atoms with Crippen molar-refractivity contribution in [3.05, 3.63) is 88.5 Å². The van der Waals surface area contributed by atoms with Crippen molar-refractivity contribution in [2.75, 3.05) is 18.9 Å². The molecule has 4 nitrogen and oxygen atoms in total. The Hall–Kier alpha value is -3.71. The van der Waals surface area contributed by atoms with Crippen LogP contribution in [0.3, 0.4) is 0 Å². The van der Waals surface area contributed by atoms with Crippen LogP contribution in [0.5, 0.6) is 0 Å². The molecule has 0 fully saturated rings. The maximum absolute atomic E-state index is 12.2. The van der Waals surface area contributed by atoms with Gasteiger partial charge in [-0.3, -0.25) is 0 Å². The number of amides is 1. The molecule has 0 spiro atoms. The molecule has 4 heteroatoms. The van der Waals surface area contributed by atoms with Crippen LogP contribution in [-0.2, 0) is 4.74 Å². The lowest BCUT2D eigenvalue weighted by molar-refractivity contribution is 0.144. The Morgan fingerprint density at radius 3 is 2.17 bits per heavy atom. The summed E-state index contributed by atoms with van der Waals surface area (Å²) in [6.45, 7) is 4.47. The van der Waals surface area contributed by atoms with Gasteiger partial charge in [-0.2, -0.15) is 0 Å². The van der Waals surface area contributed by atoms with Crippen LogP contribution < -0.4 is 11.1 Å². The molecule has 3 aromatic rings. The fourth-order valence-corrected chi connectivity index (χ4v) is 4.09. The predicted octanol–water partition coefficient (Wildman–Crippen LogP) is 4.78. The average molecular weight is 396 g/mol. The second kappa shape index (κ2) is 8.34. The number of carbonyl (C=O) groups excluding carboxylic acids is 1. The van der Waals surface area contributed by atoms with Gasteiger partial charge in [-0.25, -0.2) is 4.79 Å². The molecule has 3 aromatic carbocycles. The highest BCUT2D eigenvalue weighted by Crippen LogP contribution is 2.44. The van der Waals surface area contributed by atoms with Crippen molar-refractivity contribution < 1.29 is 9.53 Å². The van der Waals surface area contributed by atoms with Gasteiger partial charge in [-0.15, -0.1) is 0 Å². The fraction of sp³-hybridized carbons (Fsp3) is 0.192. The number of carbonyl (C=O) groups is 1. The lowest BCUT2D eigenvalue weighted by Gasteiger charge is -2.14. The molecule has 0 radical (unpaired) electrons. The molecule has 1 aliphatic carbocycles. The minimum absolute atomic E-state index is 0.0503. The van der Waals surface area contributed by atoms with Crippen LogP contribution in [-0.4, -0.2) is 19.2 Å². The van der Waals surface area contributed by atoms with Crippen molar-refractivity contribution in [1.29, 1.82) is 0 Å². The minimum Gasteiger partial charge on any atom is -0.449 e. The topological polar surface area (TPSA) is 64.3 Å². The quantitative estimate of drug-likeness (QED) is 0.495. The smallest absolute Gasteiger partial charge is 0.407 e. The number of fused-ring (bicyclic) bond motifs is 3. The van der Waals surface area contributed by atoms with Crippen LogP contribution in [0.15, 0.2) is 60.7 Å². The van der Waals surface area contributed by atoms with Gasteiger partial charge >= 0.3 is 6.09 Å². The van der Waals surface area contributed by atoms with Crippen molar-refractivity contribution in [1.82, 2.24) is 5.32 Å². The molecular formula is C26H24N2O2. The minimum atomic E-state index is -0.461. The van der Waals surface area contributed by atoms with Crippen molar-refractivity contribution >= 4 is 11.8 Å². The molecular weight excluding hydrogens is 372 g/mol. The zero-order valence-corrected chi connectivity index (χ0v) is 17.2. The van der Waals surface area contributed by atoms with Crippen LogP contribution in [0.1, 0.15) is 33.7 Å². The van der Waals surface area contributed by atoms with Gasteiger partial charge < -0.3 is 15.8 Å². The molecule has 0 aliphatic heterocycles. The Bertz CT molecular complexity index is 1100. The number of alkyl carbamates (subject to hydrolysis) is 1. The molecule has 0 saturated heterocycles. The molecule has 0 unspecified atom stereocenters. The SMILES string of the molecule is Cc1cc(N)cc(C)c1C#CCNC(=O)OCC1c2ccccc2-c2ccccc21. The van der Waals surface area contributed by atoms with Gasteiger partial charge in [-0.05, 0) is 59.4 Å².